The molecule has 40 heavy (non-hydrogen) atoms. The van der Waals surface area contributed by atoms with Crippen LogP contribution >= 0.6 is 15.9 Å². The van der Waals surface area contributed by atoms with E-state index in [-0.39, 0.29) is 33.6 Å². The van der Waals surface area contributed by atoms with Crippen LogP contribution in [0.5, 0.6) is 5.75 Å². The SMILES string of the molecule is CCc1cc(O[Si](C)(C)C(C)(C)C)c(F)cc1N=C(N)c1cnn2cc(Br)cc2c1N[C@@H]1CCC(C)(N)C1(C)C. The van der Waals surface area contributed by atoms with Crippen LogP contribution in [-0.4, -0.2) is 35.3 Å². The number of nitrogens with two attached hydrogens (primary N) is 2. The van der Waals surface area contributed by atoms with Crippen LogP contribution in [0.25, 0.3) is 5.52 Å². The Morgan fingerprint density at radius 2 is 1.95 bits per heavy atom. The van der Waals surface area contributed by atoms with E-state index in [2.05, 4.69) is 81.0 Å². The molecule has 3 aromatic rings. The van der Waals surface area contributed by atoms with Crippen LogP contribution in [0, 0.1) is 11.2 Å². The summed E-state index contributed by atoms with van der Waals surface area (Å²) in [6.45, 7) is 19.2. The Labute approximate surface area is 247 Å². The molecule has 0 bridgehead atoms. The van der Waals surface area contributed by atoms with Gasteiger partial charge < -0.3 is 21.2 Å². The average molecular weight is 632 g/mol. The lowest BCUT2D eigenvalue weighted by Gasteiger charge is -2.39. The molecule has 2 heterocycles. The fourth-order valence-corrected chi connectivity index (χ4v) is 6.41. The van der Waals surface area contributed by atoms with E-state index in [0.29, 0.717) is 17.7 Å². The van der Waals surface area contributed by atoms with Crippen LogP contribution in [0.2, 0.25) is 18.1 Å². The van der Waals surface area contributed by atoms with Crippen molar-refractivity contribution in [2.24, 2.45) is 21.9 Å². The molecule has 10 heteroatoms. The van der Waals surface area contributed by atoms with Crippen LogP contribution < -0.4 is 21.2 Å². The number of benzene rings is 1. The Morgan fingerprint density at radius 1 is 1.27 bits per heavy atom. The normalized spacial score (nSPS) is 21.7. The van der Waals surface area contributed by atoms with E-state index < -0.39 is 14.1 Å². The van der Waals surface area contributed by atoms with Gasteiger partial charge in [0.1, 0.15) is 11.6 Å². The lowest BCUT2D eigenvalue weighted by Crippen LogP contribution is -2.51. The van der Waals surface area contributed by atoms with Gasteiger partial charge in [0.15, 0.2) is 5.82 Å². The number of nitrogens with one attached hydrogen (secondary N) is 1. The van der Waals surface area contributed by atoms with E-state index >= 15 is 4.39 Å². The molecule has 0 saturated heterocycles. The highest BCUT2D eigenvalue weighted by molar-refractivity contribution is 9.10. The van der Waals surface area contributed by atoms with Crippen molar-refractivity contribution in [1.82, 2.24) is 9.61 Å². The molecule has 5 N–H and O–H groups in total. The molecule has 1 aliphatic carbocycles. The molecule has 1 saturated carbocycles. The molecule has 0 amide bonds. The maximum Gasteiger partial charge on any atom is 0.250 e. The Balaban J connectivity index is 1.78. The average Bonchev–Trinajstić information content (AvgIpc) is 3.31. The van der Waals surface area contributed by atoms with Gasteiger partial charge in [-0.1, -0.05) is 41.5 Å². The molecule has 0 radical (unpaired) electrons. The summed E-state index contributed by atoms with van der Waals surface area (Å²) in [6, 6.07) is 5.32. The van der Waals surface area contributed by atoms with Crippen LogP contribution in [0.3, 0.4) is 0 Å². The number of amidine groups is 1. The molecule has 0 aliphatic heterocycles. The molecular weight excluding hydrogens is 587 g/mol. The Hall–Kier alpha value is -2.43. The van der Waals surface area contributed by atoms with Gasteiger partial charge in [-0.25, -0.2) is 13.9 Å². The number of aliphatic imine (C=N–C) groups is 1. The Morgan fingerprint density at radius 3 is 2.52 bits per heavy atom. The third-order valence-electron chi connectivity index (χ3n) is 9.42. The predicted octanol–water partition coefficient (Wildman–Crippen LogP) is 7.54. The first-order valence-corrected chi connectivity index (χ1v) is 17.7. The Kier molecular flexibility index (Phi) is 7.97. The first-order chi connectivity index (χ1) is 18.4. The zero-order valence-corrected chi connectivity index (χ0v) is 27.8. The van der Waals surface area contributed by atoms with E-state index in [4.69, 9.17) is 20.9 Å². The second-order valence-electron chi connectivity index (χ2n) is 13.4. The summed E-state index contributed by atoms with van der Waals surface area (Å²) in [6.07, 6.45) is 6.09. The van der Waals surface area contributed by atoms with Gasteiger partial charge in [0.05, 0.1) is 28.7 Å². The van der Waals surface area contributed by atoms with Crippen molar-refractivity contribution in [2.75, 3.05) is 5.32 Å². The van der Waals surface area contributed by atoms with E-state index in [0.717, 1.165) is 34.1 Å². The van der Waals surface area contributed by atoms with Gasteiger partial charge in [-0.3, -0.25) is 0 Å². The molecule has 2 atom stereocenters. The maximum atomic E-state index is 15.4. The minimum Gasteiger partial charge on any atom is -0.542 e. The molecule has 7 nitrogen and oxygen atoms in total. The molecule has 0 spiro atoms. The number of anilines is 1. The van der Waals surface area contributed by atoms with E-state index in [9.17, 15) is 0 Å². The fraction of sp³-hybridized carbons (Fsp3) is 0.533. The summed E-state index contributed by atoms with van der Waals surface area (Å²) in [5.41, 5.74) is 16.6. The molecule has 1 aliphatic rings. The third kappa shape index (κ3) is 5.54. The lowest BCUT2D eigenvalue weighted by atomic mass is 9.75. The summed E-state index contributed by atoms with van der Waals surface area (Å²) in [4.78, 5) is 4.75. The van der Waals surface area contributed by atoms with E-state index in [1.807, 2.05) is 19.2 Å². The topological polar surface area (TPSA) is 103 Å². The summed E-state index contributed by atoms with van der Waals surface area (Å²) in [5, 5.41) is 8.28. The minimum absolute atomic E-state index is 0.0505. The number of nitrogens with zero attached hydrogens (tertiary/aromatic N) is 3. The summed E-state index contributed by atoms with van der Waals surface area (Å²) >= 11 is 3.57. The van der Waals surface area contributed by atoms with Crippen LogP contribution in [0.1, 0.15) is 72.4 Å². The van der Waals surface area contributed by atoms with Crippen molar-refractivity contribution in [3.8, 4) is 5.75 Å². The lowest BCUT2D eigenvalue weighted by molar-refractivity contribution is 0.215. The molecule has 218 valence electrons. The maximum absolute atomic E-state index is 15.4. The van der Waals surface area contributed by atoms with Crippen molar-refractivity contribution in [1.29, 1.82) is 0 Å². The number of hydrogen-bond acceptors (Lipinski definition) is 5. The zero-order valence-electron chi connectivity index (χ0n) is 25.2. The smallest absolute Gasteiger partial charge is 0.250 e. The summed E-state index contributed by atoms with van der Waals surface area (Å²) in [5.74, 6) is 0.0944. The summed E-state index contributed by atoms with van der Waals surface area (Å²) in [7, 11) is -2.22. The molecule has 1 aromatic carbocycles. The molecular formula is C30H44BrFN6OSi. The van der Waals surface area contributed by atoms with Gasteiger partial charge in [-0.2, -0.15) is 5.10 Å². The van der Waals surface area contributed by atoms with Crippen molar-refractivity contribution in [2.45, 2.75) is 97.4 Å². The van der Waals surface area contributed by atoms with Gasteiger partial charge in [0, 0.05) is 33.7 Å². The van der Waals surface area contributed by atoms with Crippen molar-refractivity contribution in [3.05, 3.63) is 52.0 Å². The third-order valence-corrected chi connectivity index (χ3v) is 14.2. The fourth-order valence-electron chi connectivity index (χ4n) is 4.99. The van der Waals surface area contributed by atoms with Crippen molar-refractivity contribution >= 4 is 47.0 Å². The highest BCUT2D eigenvalue weighted by atomic mass is 79.9. The predicted molar refractivity (Wildman–Crippen MR) is 170 cm³/mol. The van der Waals surface area contributed by atoms with Gasteiger partial charge >= 0.3 is 0 Å². The van der Waals surface area contributed by atoms with Crippen LogP contribution in [0.4, 0.5) is 15.8 Å². The van der Waals surface area contributed by atoms with Crippen molar-refractivity contribution in [3.63, 3.8) is 0 Å². The van der Waals surface area contributed by atoms with Gasteiger partial charge in [-0.05, 0) is 77.9 Å². The molecule has 2 aromatic heterocycles. The molecule has 1 fully saturated rings. The quantitative estimate of drug-likeness (QED) is 0.142. The van der Waals surface area contributed by atoms with Gasteiger partial charge in [0.2, 0.25) is 0 Å². The minimum atomic E-state index is -2.22. The van der Waals surface area contributed by atoms with Crippen LogP contribution in [-0.2, 0) is 6.42 Å². The summed E-state index contributed by atoms with van der Waals surface area (Å²) < 4.78 is 24.4. The van der Waals surface area contributed by atoms with E-state index in [1.165, 1.54) is 6.07 Å². The van der Waals surface area contributed by atoms with E-state index in [1.54, 1.807) is 16.8 Å². The number of hydrogen-bond donors (Lipinski definition) is 3. The van der Waals surface area contributed by atoms with Gasteiger partial charge in [0.25, 0.3) is 8.32 Å². The first-order valence-electron chi connectivity index (χ1n) is 14.0. The number of rotatable bonds is 7. The second kappa shape index (κ2) is 10.4. The Bertz CT molecular complexity index is 1460. The monoisotopic (exact) mass is 630 g/mol. The molecule has 1 unspecified atom stereocenters. The van der Waals surface area contributed by atoms with Crippen molar-refractivity contribution < 1.29 is 8.82 Å². The number of aryl methyl sites for hydroxylation is 1. The number of halogens is 2. The molecule has 4 rings (SSSR count). The largest absolute Gasteiger partial charge is 0.542 e. The highest BCUT2D eigenvalue weighted by Gasteiger charge is 2.49. The standard InChI is InChI=1S/C30H44BrFN6OSi/c1-10-18-13-24(39-40(8,9)28(2,3)4)21(32)15-22(18)36-27(33)20-16-35-38-17-19(31)14-23(38)26(20)37-25-11-12-30(7,34)29(25,5)6/h13-17,25,37H,10-12,34H2,1-9H3,(H2,33,36)/t25-,30?/m1/s1. The highest BCUT2D eigenvalue weighted by Crippen LogP contribution is 2.46. The zero-order chi connectivity index (χ0) is 29.8. The van der Waals surface area contributed by atoms with Crippen LogP contribution in [0.15, 0.2) is 40.1 Å². The number of fused-ring (bicyclic) bond motifs is 1. The van der Waals surface area contributed by atoms with Gasteiger partial charge in [-0.15, -0.1) is 0 Å². The number of aromatic nitrogens is 2. The second-order valence-corrected chi connectivity index (χ2v) is 19.1. The first kappa shape index (κ1) is 30.5.